The third-order valence-electron chi connectivity index (χ3n) is 7.40. The average Bonchev–Trinajstić information content (AvgIpc) is 2.88. The molecule has 0 saturated carbocycles. The van der Waals surface area contributed by atoms with Crippen LogP contribution in [0.1, 0.15) is 69.1 Å². The molecule has 1 saturated heterocycles. The van der Waals surface area contributed by atoms with E-state index < -0.39 is 20.5 Å². The molecule has 0 unspecified atom stereocenters. The number of fused-ring (bicyclic) bond motifs is 1. The van der Waals surface area contributed by atoms with Crippen LogP contribution in [0.4, 0.5) is 8.78 Å². The number of hydrogen-bond donors (Lipinski definition) is 1. The zero-order valence-electron chi connectivity index (χ0n) is 22.8. The predicted octanol–water partition coefficient (Wildman–Crippen LogP) is 6.08. The molecule has 1 aliphatic rings. The minimum absolute atomic E-state index is 0.130. The van der Waals surface area contributed by atoms with E-state index in [-0.39, 0.29) is 33.4 Å². The predicted molar refractivity (Wildman–Crippen MR) is 147 cm³/mol. The number of likely N-dealkylation sites (tertiary alicyclic amines) is 1. The maximum atomic E-state index is 13.8. The molecule has 0 bridgehead atoms. The van der Waals surface area contributed by atoms with Gasteiger partial charge in [0.05, 0.1) is 15.2 Å². The first-order chi connectivity index (χ1) is 17.7. The number of amides is 1. The number of H-pyrrole nitrogens is 1. The number of alkyl halides is 2. The van der Waals surface area contributed by atoms with Gasteiger partial charge in [0.1, 0.15) is 5.69 Å². The molecule has 0 radical (unpaired) electrons. The summed E-state index contributed by atoms with van der Waals surface area (Å²) in [4.78, 5) is 30.3. The number of aromatic nitrogens is 1. The summed E-state index contributed by atoms with van der Waals surface area (Å²) in [7, 11) is -3.93. The smallest absolute Gasteiger partial charge is 0.270 e. The second-order valence-electron chi connectivity index (χ2n) is 10.1. The highest BCUT2D eigenvalue weighted by molar-refractivity contribution is 7.92. The lowest BCUT2D eigenvalue weighted by atomic mass is 9.85. The lowest BCUT2D eigenvalue weighted by Crippen LogP contribution is -2.47. The van der Waals surface area contributed by atoms with Gasteiger partial charge >= 0.3 is 0 Å². The van der Waals surface area contributed by atoms with Crippen LogP contribution >= 0.6 is 0 Å². The number of aryl methyl sites for hydroxylation is 1. The van der Waals surface area contributed by atoms with Crippen molar-refractivity contribution in [1.29, 1.82) is 0 Å². The molecule has 38 heavy (non-hydrogen) atoms. The van der Waals surface area contributed by atoms with Gasteiger partial charge in [0.25, 0.3) is 11.8 Å². The summed E-state index contributed by atoms with van der Waals surface area (Å²) in [6.07, 6.45) is 0.858. The Balaban J connectivity index is 0.00000195. The minimum Gasteiger partial charge on any atom is -0.350 e. The first-order valence-corrected chi connectivity index (χ1v) is 14.4. The lowest BCUT2D eigenvalue weighted by Gasteiger charge is -2.40. The largest absolute Gasteiger partial charge is 0.350 e. The third kappa shape index (κ3) is 5.53. The van der Waals surface area contributed by atoms with E-state index in [1.165, 1.54) is 24.3 Å². The molecular weight excluding hydrogens is 510 g/mol. The van der Waals surface area contributed by atoms with Crippen molar-refractivity contribution in [2.75, 3.05) is 13.1 Å². The van der Waals surface area contributed by atoms with E-state index in [2.05, 4.69) is 4.98 Å². The molecule has 1 aliphatic heterocycles. The molecule has 2 aromatic carbocycles. The summed E-state index contributed by atoms with van der Waals surface area (Å²) >= 11 is 0. The van der Waals surface area contributed by atoms with Crippen LogP contribution in [0, 0.1) is 12.8 Å². The van der Waals surface area contributed by atoms with Gasteiger partial charge in [0, 0.05) is 37.0 Å². The van der Waals surface area contributed by atoms with Crippen molar-refractivity contribution in [1.82, 2.24) is 9.88 Å². The zero-order valence-corrected chi connectivity index (χ0v) is 23.6. The van der Waals surface area contributed by atoms with Gasteiger partial charge in [0.2, 0.25) is 0 Å². The highest BCUT2D eigenvalue weighted by Crippen LogP contribution is 2.39. The number of rotatable bonds is 5. The Morgan fingerprint density at radius 2 is 1.61 bits per heavy atom. The molecule has 0 atom stereocenters. The van der Waals surface area contributed by atoms with E-state index in [0.717, 1.165) is 18.6 Å². The van der Waals surface area contributed by atoms with Crippen molar-refractivity contribution >= 4 is 26.6 Å². The number of pyridine rings is 1. The van der Waals surface area contributed by atoms with E-state index in [1.807, 2.05) is 32.9 Å². The van der Waals surface area contributed by atoms with E-state index in [0.29, 0.717) is 36.8 Å². The molecule has 1 N–H and O–H groups in total. The Morgan fingerprint density at radius 1 is 1.00 bits per heavy atom. The first kappa shape index (κ1) is 29.5. The molecule has 6 nitrogen and oxygen atoms in total. The third-order valence-corrected chi connectivity index (χ3v) is 10.00. The van der Waals surface area contributed by atoms with Gasteiger partial charge in [-0.2, -0.15) is 0 Å². The SMILES string of the molecule is CC.Cc1cccc2[nH]c(C(=O)N3CCC(C(C)(C)S(=O)(=O)c4cccc(C(C)(F)F)c4)CC3)cc(=O)c12. The van der Waals surface area contributed by atoms with Crippen LogP contribution in [0.15, 0.2) is 58.2 Å². The fourth-order valence-corrected chi connectivity index (χ4v) is 6.83. The van der Waals surface area contributed by atoms with Crippen molar-refractivity contribution in [2.24, 2.45) is 5.92 Å². The minimum atomic E-state index is -3.93. The highest BCUT2D eigenvalue weighted by atomic mass is 32.2. The van der Waals surface area contributed by atoms with Crippen molar-refractivity contribution in [3.05, 3.63) is 75.6 Å². The Labute approximate surface area is 223 Å². The van der Waals surface area contributed by atoms with Gasteiger partial charge in [-0.1, -0.05) is 38.1 Å². The van der Waals surface area contributed by atoms with E-state index in [9.17, 15) is 26.8 Å². The maximum Gasteiger partial charge on any atom is 0.270 e. The van der Waals surface area contributed by atoms with Crippen molar-refractivity contribution in [3.8, 4) is 0 Å². The summed E-state index contributed by atoms with van der Waals surface area (Å²) in [6, 6.07) is 11.7. The van der Waals surface area contributed by atoms with Gasteiger partial charge in [-0.05, 0) is 63.3 Å². The Hall–Kier alpha value is -3.07. The molecule has 9 heteroatoms. The molecule has 1 amide bonds. The van der Waals surface area contributed by atoms with Gasteiger partial charge < -0.3 is 9.88 Å². The number of piperidine rings is 1. The maximum absolute atomic E-state index is 13.8. The monoisotopic (exact) mass is 546 g/mol. The molecular formula is C29H36F2N2O4S. The highest BCUT2D eigenvalue weighted by Gasteiger charge is 2.44. The molecule has 4 rings (SSSR count). The van der Waals surface area contributed by atoms with Crippen molar-refractivity contribution < 1.29 is 22.0 Å². The van der Waals surface area contributed by atoms with Crippen molar-refractivity contribution in [2.45, 2.75) is 69.9 Å². The Bertz CT molecular complexity index is 1480. The number of sulfone groups is 1. The molecule has 0 aliphatic carbocycles. The summed E-state index contributed by atoms with van der Waals surface area (Å²) < 4.78 is 53.4. The fraction of sp³-hybridized carbons (Fsp3) is 0.448. The topological polar surface area (TPSA) is 87.3 Å². The van der Waals surface area contributed by atoms with Gasteiger partial charge in [-0.15, -0.1) is 0 Å². The second kappa shape index (κ2) is 11.0. The van der Waals surface area contributed by atoms with E-state index in [1.54, 1.807) is 24.8 Å². The molecule has 206 valence electrons. The Kier molecular flexibility index (Phi) is 8.51. The van der Waals surface area contributed by atoms with E-state index in [4.69, 9.17) is 0 Å². The van der Waals surface area contributed by atoms with Gasteiger partial charge in [0.15, 0.2) is 15.3 Å². The van der Waals surface area contributed by atoms with Crippen LogP contribution in [-0.2, 0) is 15.8 Å². The normalized spacial score (nSPS) is 15.2. The number of nitrogens with zero attached hydrogens (tertiary/aromatic N) is 1. The summed E-state index contributed by atoms with van der Waals surface area (Å²) in [5.41, 5.74) is 1.03. The standard InChI is InChI=1S/C27H30F2N2O4S.C2H6/c1-17-7-5-10-21-24(17)23(32)16-22(30-21)25(33)31-13-11-18(12-14-31)26(2,3)36(34,35)20-9-6-8-19(15-20)27(4,28)29;1-2/h5-10,15-16,18H,11-14H2,1-4H3,(H,30,32);1-2H3. The molecule has 1 aromatic heterocycles. The summed E-state index contributed by atoms with van der Waals surface area (Å²) in [6.45, 7) is 10.5. The van der Waals surface area contributed by atoms with Gasteiger partial charge in [-0.3, -0.25) is 9.59 Å². The van der Waals surface area contributed by atoms with Crippen molar-refractivity contribution in [3.63, 3.8) is 0 Å². The number of carbonyl (C=O) groups excluding carboxylic acids is 1. The van der Waals surface area contributed by atoms with Crippen LogP contribution in [0.2, 0.25) is 0 Å². The first-order valence-electron chi connectivity index (χ1n) is 12.9. The lowest BCUT2D eigenvalue weighted by molar-refractivity contribution is 0.0172. The summed E-state index contributed by atoms with van der Waals surface area (Å²) in [5.74, 6) is -3.74. The van der Waals surface area contributed by atoms with Crippen LogP contribution in [0.25, 0.3) is 10.9 Å². The molecule has 0 spiro atoms. The average molecular weight is 547 g/mol. The number of aromatic amines is 1. The molecule has 2 heterocycles. The number of halogens is 2. The van der Waals surface area contributed by atoms with Crippen LogP contribution in [-0.4, -0.2) is 42.0 Å². The molecule has 3 aromatic rings. The number of carbonyl (C=O) groups is 1. The van der Waals surface area contributed by atoms with Crippen LogP contribution in [0.3, 0.4) is 0 Å². The number of benzene rings is 2. The fourth-order valence-electron chi connectivity index (χ4n) is 5.01. The second-order valence-corrected chi connectivity index (χ2v) is 12.7. The van der Waals surface area contributed by atoms with Crippen LogP contribution < -0.4 is 5.43 Å². The quantitative estimate of drug-likeness (QED) is 0.420. The van der Waals surface area contributed by atoms with E-state index >= 15 is 0 Å². The molecule has 1 fully saturated rings. The van der Waals surface area contributed by atoms with Crippen LogP contribution in [0.5, 0.6) is 0 Å². The zero-order chi connectivity index (χ0) is 28.5. The summed E-state index contributed by atoms with van der Waals surface area (Å²) in [5, 5.41) is 0.546. The number of hydrogen-bond acceptors (Lipinski definition) is 4. The van der Waals surface area contributed by atoms with Gasteiger partial charge in [-0.25, -0.2) is 17.2 Å². The number of nitrogens with one attached hydrogen (secondary N) is 1. The Morgan fingerprint density at radius 3 is 2.21 bits per heavy atom.